The lowest BCUT2D eigenvalue weighted by atomic mass is 10.0. The van der Waals surface area contributed by atoms with Crippen LogP contribution in [0.5, 0.6) is 5.95 Å². The summed E-state index contributed by atoms with van der Waals surface area (Å²) in [7, 11) is -2.77. The minimum absolute atomic E-state index is 0.348. The molecule has 0 saturated heterocycles. The van der Waals surface area contributed by atoms with Crippen LogP contribution in [-0.4, -0.2) is 14.8 Å². The summed E-state index contributed by atoms with van der Waals surface area (Å²) >= 11 is 0. The van der Waals surface area contributed by atoms with Gasteiger partial charge in [-0.1, -0.05) is 19.3 Å². The summed E-state index contributed by atoms with van der Waals surface area (Å²) in [6.07, 6.45) is 11.1. The van der Waals surface area contributed by atoms with Gasteiger partial charge in [-0.3, -0.25) is 0 Å². The van der Waals surface area contributed by atoms with Gasteiger partial charge in [0.05, 0.1) is 32.0 Å². The van der Waals surface area contributed by atoms with E-state index in [1.165, 1.54) is 19.3 Å². The van der Waals surface area contributed by atoms with E-state index < -0.39 is 8.56 Å². The summed E-state index contributed by atoms with van der Waals surface area (Å²) < 4.78 is 35.4. The zero-order valence-electron chi connectivity index (χ0n) is 15.9. The smallest absolute Gasteiger partial charge is 0.381 e. The van der Waals surface area contributed by atoms with Crippen LogP contribution >= 0.6 is 0 Å². The van der Waals surface area contributed by atoms with E-state index in [1.807, 2.05) is 30.3 Å². The number of ether oxygens (including phenoxy) is 1. The summed E-state index contributed by atoms with van der Waals surface area (Å²) in [4.78, 5) is 0. The number of rotatable bonds is 10. The van der Waals surface area contributed by atoms with Crippen molar-refractivity contribution in [1.82, 2.24) is 0 Å². The van der Waals surface area contributed by atoms with Crippen LogP contribution in [0.25, 0.3) is 0 Å². The lowest BCUT2D eigenvalue weighted by molar-refractivity contribution is 0.0981. The van der Waals surface area contributed by atoms with Crippen molar-refractivity contribution in [2.24, 2.45) is 0 Å². The highest BCUT2D eigenvalue weighted by Crippen LogP contribution is 2.39. The minimum Gasteiger partial charge on any atom is -0.467 e. The van der Waals surface area contributed by atoms with E-state index in [0.29, 0.717) is 30.9 Å². The standard InChI is InChI=1S/C21H26O6Si/c1-2-9-20(10-3-1)28(17-25-21-11-6-14-24-21,26-15-18-7-4-12-22-18)27-16-19-8-5-13-23-19/h4-8,11-14,20H,1-3,9-10,15-17H2. The molecule has 1 fully saturated rings. The quantitative estimate of drug-likeness (QED) is 0.412. The molecule has 150 valence electrons. The first-order chi connectivity index (χ1) is 13.8. The maximum Gasteiger partial charge on any atom is 0.381 e. The number of furan rings is 3. The number of hydrogen-bond donors (Lipinski definition) is 0. The van der Waals surface area contributed by atoms with Crippen LogP contribution in [0.15, 0.2) is 68.4 Å². The molecule has 0 aromatic carbocycles. The molecule has 3 aromatic rings. The normalized spacial score (nSPS) is 15.7. The third kappa shape index (κ3) is 4.78. The zero-order valence-corrected chi connectivity index (χ0v) is 16.9. The van der Waals surface area contributed by atoms with Crippen LogP contribution in [0, 0.1) is 0 Å². The molecular formula is C21H26O6Si. The van der Waals surface area contributed by atoms with Gasteiger partial charge in [0.2, 0.25) is 0 Å². The van der Waals surface area contributed by atoms with E-state index in [9.17, 15) is 0 Å². The van der Waals surface area contributed by atoms with E-state index in [0.717, 1.165) is 24.4 Å². The van der Waals surface area contributed by atoms with Gasteiger partial charge in [0, 0.05) is 11.6 Å². The Balaban J connectivity index is 1.55. The predicted octanol–water partition coefficient (Wildman–Crippen LogP) is 5.59. The molecule has 0 amide bonds. The van der Waals surface area contributed by atoms with Crippen molar-refractivity contribution in [2.45, 2.75) is 50.9 Å². The molecule has 0 bridgehead atoms. The van der Waals surface area contributed by atoms with Crippen molar-refractivity contribution in [3.8, 4) is 5.95 Å². The molecule has 0 aliphatic heterocycles. The highest BCUT2D eigenvalue weighted by molar-refractivity contribution is 6.69. The Morgan fingerprint density at radius 1 is 0.786 bits per heavy atom. The second-order valence-electron chi connectivity index (χ2n) is 7.10. The van der Waals surface area contributed by atoms with Gasteiger partial charge in [0.1, 0.15) is 17.8 Å². The maximum absolute atomic E-state index is 6.52. The molecule has 7 heteroatoms. The van der Waals surface area contributed by atoms with Crippen molar-refractivity contribution in [2.75, 3.05) is 6.23 Å². The van der Waals surface area contributed by atoms with E-state index in [-0.39, 0.29) is 0 Å². The lowest BCUT2D eigenvalue weighted by Crippen LogP contribution is -2.53. The van der Waals surface area contributed by atoms with Crippen LogP contribution in [0.2, 0.25) is 5.54 Å². The minimum atomic E-state index is -2.77. The van der Waals surface area contributed by atoms with Gasteiger partial charge in [0.15, 0.2) is 0 Å². The van der Waals surface area contributed by atoms with Gasteiger partial charge >= 0.3 is 8.56 Å². The fourth-order valence-electron chi connectivity index (χ4n) is 3.71. The Hall–Kier alpha value is -2.22. The van der Waals surface area contributed by atoms with Gasteiger partial charge in [-0.25, -0.2) is 0 Å². The van der Waals surface area contributed by atoms with Crippen LogP contribution in [0.3, 0.4) is 0 Å². The highest BCUT2D eigenvalue weighted by atomic mass is 28.4. The first kappa shape index (κ1) is 19.1. The zero-order chi connectivity index (χ0) is 19.1. The Kier molecular flexibility index (Phi) is 6.36. The van der Waals surface area contributed by atoms with Crippen LogP contribution in [0.1, 0.15) is 43.6 Å². The molecule has 28 heavy (non-hydrogen) atoms. The largest absolute Gasteiger partial charge is 0.467 e. The Morgan fingerprint density at radius 3 is 1.93 bits per heavy atom. The SMILES string of the molecule is c1coc(CO[Si](COc2ccco2)(OCc2ccco2)C2CCCCC2)c1. The summed E-state index contributed by atoms with van der Waals surface area (Å²) in [5, 5.41) is 0. The van der Waals surface area contributed by atoms with E-state index in [4.69, 9.17) is 26.8 Å². The van der Waals surface area contributed by atoms with Gasteiger partial charge in [0.25, 0.3) is 5.95 Å². The van der Waals surface area contributed by atoms with Crippen molar-refractivity contribution >= 4 is 8.56 Å². The average Bonchev–Trinajstić information content (AvgIpc) is 3.52. The molecule has 1 aliphatic rings. The summed E-state index contributed by atoms with van der Waals surface area (Å²) in [6, 6.07) is 11.2. The third-order valence-electron chi connectivity index (χ3n) is 5.22. The summed E-state index contributed by atoms with van der Waals surface area (Å²) in [6.45, 7) is 0.741. The van der Waals surface area contributed by atoms with Crippen molar-refractivity contribution in [3.05, 3.63) is 66.7 Å². The molecule has 1 aliphatic carbocycles. The van der Waals surface area contributed by atoms with Gasteiger partial charge in [-0.15, -0.1) is 0 Å². The van der Waals surface area contributed by atoms with Gasteiger partial charge < -0.3 is 26.8 Å². The molecule has 0 radical (unpaired) electrons. The second kappa shape index (κ2) is 9.32. The average molecular weight is 403 g/mol. The van der Waals surface area contributed by atoms with Crippen molar-refractivity contribution in [3.63, 3.8) is 0 Å². The van der Waals surface area contributed by atoms with Crippen LogP contribution < -0.4 is 4.74 Å². The Labute approximate surface area is 165 Å². The second-order valence-corrected chi connectivity index (χ2v) is 10.4. The van der Waals surface area contributed by atoms with Crippen molar-refractivity contribution in [1.29, 1.82) is 0 Å². The molecule has 4 rings (SSSR count). The molecule has 3 heterocycles. The fourth-order valence-corrected chi connectivity index (χ4v) is 7.08. The summed E-state index contributed by atoms with van der Waals surface area (Å²) in [5.74, 6) is 2.05. The first-order valence-electron chi connectivity index (χ1n) is 9.83. The molecule has 0 N–H and O–H groups in total. The van der Waals surface area contributed by atoms with Gasteiger partial charge in [-0.05, 0) is 43.2 Å². The van der Waals surface area contributed by atoms with Crippen LogP contribution in [0.4, 0.5) is 0 Å². The molecule has 3 aromatic heterocycles. The summed E-state index contributed by atoms with van der Waals surface area (Å²) in [5.41, 5.74) is 0.348. The molecule has 0 atom stereocenters. The maximum atomic E-state index is 6.52. The topological polar surface area (TPSA) is 67.1 Å². The van der Waals surface area contributed by atoms with Crippen LogP contribution in [-0.2, 0) is 22.1 Å². The van der Waals surface area contributed by atoms with E-state index >= 15 is 0 Å². The monoisotopic (exact) mass is 402 g/mol. The molecule has 0 unspecified atom stereocenters. The molecular weight excluding hydrogens is 376 g/mol. The highest BCUT2D eigenvalue weighted by Gasteiger charge is 2.48. The molecule has 6 nitrogen and oxygen atoms in total. The van der Waals surface area contributed by atoms with E-state index in [1.54, 1.807) is 24.9 Å². The first-order valence-corrected chi connectivity index (χ1v) is 11.9. The van der Waals surface area contributed by atoms with E-state index in [2.05, 4.69) is 0 Å². The molecule has 0 spiro atoms. The van der Waals surface area contributed by atoms with Crippen molar-refractivity contribution < 1.29 is 26.8 Å². The third-order valence-corrected chi connectivity index (χ3v) is 8.85. The van der Waals surface area contributed by atoms with Gasteiger partial charge in [-0.2, -0.15) is 0 Å². The fraction of sp³-hybridized carbons (Fsp3) is 0.429. The Bertz CT molecular complexity index is 681. The predicted molar refractivity (Wildman–Crippen MR) is 104 cm³/mol. The lowest BCUT2D eigenvalue weighted by Gasteiger charge is -2.38. The number of hydrogen-bond acceptors (Lipinski definition) is 6. The Morgan fingerprint density at radius 2 is 1.39 bits per heavy atom. The molecule has 1 saturated carbocycles.